The van der Waals surface area contributed by atoms with E-state index in [2.05, 4.69) is 5.32 Å². The molecule has 110 valence electrons. The van der Waals surface area contributed by atoms with Gasteiger partial charge in [0.25, 0.3) is 11.6 Å². The maximum Gasteiger partial charge on any atom is 0.282 e. The van der Waals surface area contributed by atoms with E-state index in [1.54, 1.807) is 11.4 Å². The van der Waals surface area contributed by atoms with Crippen LogP contribution in [0.5, 0.6) is 0 Å². The van der Waals surface area contributed by atoms with Crippen LogP contribution in [-0.4, -0.2) is 22.5 Å². The van der Waals surface area contributed by atoms with E-state index < -0.39 is 16.9 Å². The highest BCUT2D eigenvalue weighted by molar-refractivity contribution is 7.07. The average Bonchev–Trinajstić information content (AvgIpc) is 2.98. The van der Waals surface area contributed by atoms with Crippen LogP contribution in [0, 0.1) is 10.1 Å². The van der Waals surface area contributed by atoms with E-state index in [-0.39, 0.29) is 22.8 Å². The predicted octanol–water partition coefficient (Wildman–Crippen LogP) is 2.77. The van der Waals surface area contributed by atoms with Crippen molar-refractivity contribution in [2.75, 3.05) is 6.54 Å². The Hall–Kier alpha value is -1.96. The summed E-state index contributed by atoms with van der Waals surface area (Å²) < 4.78 is 0. The van der Waals surface area contributed by atoms with Crippen molar-refractivity contribution in [2.45, 2.75) is 6.10 Å². The molecule has 1 heterocycles. The third kappa shape index (κ3) is 3.78. The van der Waals surface area contributed by atoms with E-state index in [1.165, 1.54) is 29.5 Å². The summed E-state index contributed by atoms with van der Waals surface area (Å²) >= 11 is 7.19. The molecule has 0 aliphatic carbocycles. The summed E-state index contributed by atoms with van der Waals surface area (Å²) in [5, 5.41) is 27.0. The van der Waals surface area contributed by atoms with Crippen LogP contribution in [0.2, 0.25) is 5.02 Å². The lowest BCUT2D eigenvalue weighted by atomic mass is 10.1. The van der Waals surface area contributed by atoms with Crippen molar-refractivity contribution in [1.82, 2.24) is 5.32 Å². The number of carbonyl (C=O) groups is 1. The number of nitrogens with one attached hydrogen (secondary N) is 1. The lowest BCUT2D eigenvalue weighted by Crippen LogP contribution is -2.28. The van der Waals surface area contributed by atoms with E-state index in [1.807, 2.05) is 5.38 Å². The molecule has 1 aromatic carbocycles. The van der Waals surface area contributed by atoms with Crippen molar-refractivity contribution in [2.24, 2.45) is 0 Å². The first-order chi connectivity index (χ1) is 9.99. The van der Waals surface area contributed by atoms with Crippen LogP contribution < -0.4 is 5.32 Å². The molecule has 2 N–H and O–H groups in total. The zero-order chi connectivity index (χ0) is 15.4. The second-order valence-corrected chi connectivity index (χ2v) is 5.42. The number of amides is 1. The van der Waals surface area contributed by atoms with Crippen molar-refractivity contribution < 1.29 is 14.8 Å². The van der Waals surface area contributed by atoms with E-state index in [0.29, 0.717) is 5.56 Å². The summed E-state index contributed by atoms with van der Waals surface area (Å²) in [7, 11) is 0. The van der Waals surface area contributed by atoms with Gasteiger partial charge in [0, 0.05) is 17.6 Å². The van der Waals surface area contributed by atoms with Crippen LogP contribution in [0.1, 0.15) is 22.0 Å². The second-order valence-electron chi connectivity index (χ2n) is 4.20. The van der Waals surface area contributed by atoms with Gasteiger partial charge < -0.3 is 10.4 Å². The van der Waals surface area contributed by atoms with Gasteiger partial charge in [0.1, 0.15) is 5.56 Å². The molecule has 1 atom stereocenters. The number of carbonyl (C=O) groups excluding carboxylic acids is 1. The van der Waals surface area contributed by atoms with Gasteiger partial charge in [-0.25, -0.2) is 0 Å². The Kier molecular flexibility index (Phi) is 4.89. The Morgan fingerprint density at radius 2 is 2.24 bits per heavy atom. The van der Waals surface area contributed by atoms with Crippen LogP contribution in [0.25, 0.3) is 0 Å². The zero-order valence-corrected chi connectivity index (χ0v) is 12.2. The number of halogens is 1. The average molecular weight is 327 g/mol. The van der Waals surface area contributed by atoms with E-state index in [4.69, 9.17) is 11.6 Å². The molecule has 8 heteroatoms. The highest BCUT2D eigenvalue weighted by Gasteiger charge is 2.21. The van der Waals surface area contributed by atoms with Gasteiger partial charge in [-0.3, -0.25) is 14.9 Å². The normalized spacial score (nSPS) is 11.9. The molecule has 0 spiro atoms. The lowest BCUT2D eigenvalue weighted by molar-refractivity contribution is -0.385. The zero-order valence-electron chi connectivity index (χ0n) is 10.7. The summed E-state index contributed by atoms with van der Waals surface area (Å²) in [6.45, 7) is -0.0424. The highest BCUT2D eigenvalue weighted by Crippen LogP contribution is 2.23. The van der Waals surface area contributed by atoms with Crippen molar-refractivity contribution >= 4 is 34.5 Å². The largest absolute Gasteiger partial charge is 0.387 e. The maximum atomic E-state index is 12.0. The Morgan fingerprint density at radius 1 is 1.48 bits per heavy atom. The molecular weight excluding hydrogens is 316 g/mol. The number of hydrogen-bond donors (Lipinski definition) is 2. The number of nitrogens with zero attached hydrogens (tertiary/aromatic N) is 1. The lowest BCUT2D eigenvalue weighted by Gasteiger charge is -2.10. The van der Waals surface area contributed by atoms with Gasteiger partial charge in [0.05, 0.1) is 11.0 Å². The molecule has 2 rings (SSSR count). The second kappa shape index (κ2) is 6.66. The Balaban J connectivity index is 2.10. The topological polar surface area (TPSA) is 92.5 Å². The fourth-order valence-corrected chi connectivity index (χ4v) is 2.60. The minimum atomic E-state index is -0.863. The molecule has 0 aliphatic heterocycles. The molecule has 21 heavy (non-hydrogen) atoms. The summed E-state index contributed by atoms with van der Waals surface area (Å²) in [6, 6.07) is 5.48. The third-order valence-electron chi connectivity index (χ3n) is 2.78. The molecule has 0 bridgehead atoms. The Labute approximate surface area is 129 Å². The molecule has 0 radical (unpaired) electrons. The fraction of sp³-hybridized carbons (Fsp3) is 0.154. The fourth-order valence-electron chi connectivity index (χ4n) is 1.72. The van der Waals surface area contributed by atoms with Crippen LogP contribution >= 0.6 is 22.9 Å². The van der Waals surface area contributed by atoms with Crippen molar-refractivity contribution in [3.63, 3.8) is 0 Å². The van der Waals surface area contributed by atoms with Crippen LogP contribution in [0.15, 0.2) is 35.0 Å². The van der Waals surface area contributed by atoms with E-state index >= 15 is 0 Å². The van der Waals surface area contributed by atoms with Crippen LogP contribution in [0.4, 0.5) is 5.69 Å². The number of nitro groups is 1. The van der Waals surface area contributed by atoms with Gasteiger partial charge >= 0.3 is 0 Å². The minimum Gasteiger partial charge on any atom is -0.387 e. The molecule has 0 unspecified atom stereocenters. The quantitative estimate of drug-likeness (QED) is 0.652. The summed E-state index contributed by atoms with van der Waals surface area (Å²) in [6.07, 6.45) is -0.863. The molecule has 6 nitrogen and oxygen atoms in total. The number of aliphatic hydroxyl groups excluding tert-OH is 1. The maximum absolute atomic E-state index is 12.0. The van der Waals surface area contributed by atoms with Gasteiger partial charge in [-0.05, 0) is 34.5 Å². The number of benzene rings is 1. The van der Waals surface area contributed by atoms with Crippen molar-refractivity contribution in [3.8, 4) is 0 Å². The van der Waals surface area contributed by atoms with Crippen molar-refractivity contribution in [1.29, 1.82) is 0 Å². The minimum absolute atomic E-state index is 0.0424. The first kappa shape index (κ1) is 15.4. The molecule has 1 aromatic heterocycles. The number of nitro benzene ring substituents is 1. The van der Waals surface area contributed by atoms with Gasteiger partial charge in [-0.2, -0.15) is 11.3 Å². The van der Waals surface area contributed by atoms with Gasteiger partial charge in [0.2, 0.25) is 0 Å². The first-order valence-electron chi connectivity index (χ1n) is 5.91. The predicted molar refractivity (Wildman–Crippen MR) is 79.7 cm³/mol. The van der Waals surface area contributed by atoms with Crippen LogP contribution in [0.3, 0.4) is 0 Å². The number of aliphatic hydroxyl groups is 1. The molecule has 1 amide bonds. The molecule has 0 saturated heterocycles. The van der Waals surface area contributed by atoms with Gasteiger partial charge in [-0.15, -0.1) is 0 Å². The first-order valence-corrected chi connectivity index (χ1v) is 7.23. The Morgan fingerprint density at radius 3 is 2.86 bits per heavy atom. The molecule has 0 fully saturated rings. The standard InChI is InChI=1S/C13H11ClN2O4S/c14-9-1-2-11(16(19)20)10(5-9)13(18)15-6-12(17)8-3-4-21-7-8/h1-5,7,12,17H,6H2,(H,15,18)/t12-/m1/s1. The third-order valence-corrected chi connectivity index (χ3v) is 3.72. The summed E-state index contributed by atoms with van der Waals surface area (Å²) in [4.78, 5) is 22.3. The van der Waals surface area contributed by atoms with Crippen LogP contribution in [-0.2, 0) is 0 Å². The SMILES string of the molecule is O=C(NC[C@@H](O)c1ccsc1)c1cc(Cl)ccc1[N+](=O)[O-]. The van der Waals surface area contributed by atoms with E-state index in [9.17, 15) is 20.0 Å². The highest BCUT2D eigenvalue weighted by atomic mass is 35.5. The smallest absolute Gasteiger partial charge is 0.282 e. The van der Waals surface area contributed by atoms with Gasteiger partial charge in [0.15, 0.2) is 0 Å². The molecule has 2 aromatic rings. The molecule has 0 saturated carbocycles. The number of rotatable bonds is 5. The Bertz CT molecular complexity index is 660. The monoisotopic (exact) mass is 326 g/mol. The summed E-state index contributed by atoms with van der Waals surface area (Å²) in [5.41, 5.74) is 0.216. The van der Waals surface area contributed by atoms with Crippen molar-refractivity contribution in [3.05, 3.63) is 61.3 Å². The number of thiophene rings is 1. The van der Waals surface area contributed by atoms with Gasteiger partial charge in [-0.1, -0.05) is 11.6 Å². The summed E-state index contributed by atoms with van der Waals surface area (Å²) in [5.74, 6) is -0.654. The number of hydrogen-bond acceptors (Lipinski definition) is 5. The molecular formula is C13H11ClN2O4S. The van der Waals surface area contributed by atoms with E-state index in [0.717, 1.165) is 0 Å². The molecule has 0 aliphatic rings.